The highest BCUT2D eigenvalue weighted by Crippen LogP contribution is 2.19. The first kappa shape index (κ1) is 31.7. The molecule has 2 aromatic rings. The maximum atomic E-state index is 13.5. The minimum atomic E-state index is -0.992. The number of rotatable bonds is 7. The summed E-state index contributed by atoms with van der Waals surface area (Å²) in [5.74, 6) is -0.345. The summed E-state index contributed by atoms with van der Waals surface area (Å²) in [4.78, 5) is 55.9. The predicted octanol–water partition coefficient (Wildman–Crippen LogP) is 3.14. The van der Waals surface area contributed by atoms with Crippen LogP contribution in [0.15, 0.2) is 48.5 Å². The Labute approximate surface area is 246 Å². The second-order valence-corrected chi connectivity index (χ2v) is 10.9. The second-order valence-electron chi connectivity index (χ2n) is 10.5. The number of fused-ring (bicyclic) bond motifs is 1. The van der Waals surface area contributed by atoms with Crippen molar-refractivity contribution in [1.29, 1.82) is 0 Å². The van der Waals surface area contributed by atoms with E-state index in [2.05, 4.69) is 10.6 Å². The van der Waals surface area contributed by atoms with Gasteiger partial charge in [-0.15, -0.1) is 0 Å². The van der Waals surface area contributed by atoms with Crippen LogP contribution in [0.3, 0.4) is 0 Å². The number of carbonyl (C=O) groups is 4. The molecule has 2 atom stereocenters. The van der Waals surface area contributed by atoms with Gasteiger partial charge in [-0.1, -0.05) is 37.6 Å². The molecular weight excluding hydrogens is 548 g/mol. The van der Waals surface area contributed by atoms with E-state index < -0.39 is 18.0 Å². The number of hydrogen-bond donors (Lipinski definition) is 2. The van der Waals surface area contributed by atoms with Crippen molar-refractivity contribution in [2.24, 2.45) is 5.92 Å². The minimum Gasteiger partial charge on any atom is -0.492 e. The molecule has 41 heavy (non-hydrogen) atoms. The average molecular weight is 587 g/mol. The lowest BCUT2D eigenvalue weighted by molar-refractivity contribution is -0.136. The molecule has 0 radical (unpaired) electrons. The summed E-state index contributed by atoms with van der Waals surface area (Å²) >= 11 is 5.91. The summed E-state index contributed by atoms with van der Waals surface area (Å²) in [7, 11) is 3.27. The summed E-state index contributed by atoms with van der Waals surface area (Å²) in [6.07, 6.45) is 0.448. The van der Waals surface area contributed by atoms with Crippen LogP contribution in [0.25, 0.3) is 0 Å². The van der Waals surface area contributed by atoms with Gasteiger partial charge in [0.15, 0.2) is 0 Å². The van der Waals surface area contributed by atoms with Gasteiger partial charge in [-0.2, -0.15) is 0 Å². The number of nitrogens with one attached hydrogen (secondary N) is 2. The van der Waals surface area contributed by atoms with Gasteiger partial charge in [0, 0.05) is 25.5 Å². The fraction of sp³-hybridized carbons (Fsp3) is 0.467. The molecule has 222 valence electrons. The van der Waals surface area contributed by atoms with Gasteiger partial charge >= 0.3 is 0 Å². The topological polar surface area (TPSA) is 117 Å². The molecule has 10 nitrogen and oxygen atoms in total. The Bertz CT molecular complexity index is 1210. The SMILES string of the molecule is CC(C)C[C@H]1NC(=O)CC[C@@H](C(=O)N(C)CCOc2ccc(Cl)cc2)NC(=O)c2ccccc2OCCN(C)C1=O. The van der Waals surface area contributed by atoms with Gasteiger partial charge in [-0.3, -0.25) is 19.2 Å². The van der Waals surface area contributed by atoms with Gasteiger partial charge in [0.2, 0.25) is 17.7 Å². The molecule has 0 saturated carbocycles. The van der Waals surface area contributed by atoms with Crippen molar-refractivity contribution < 1.29 is 28.7 Å². The summed E-state index contributed by atoms with van der Waals surface area (Å²) in [6, 6.07) is 11.9. The Morgan fingerprint density at radius 1 is 1.12 bits per heavy atom. The Morgan fingerprint density at radius 3 is 2.54 bits per heavy atom. The lowest BCUT2D eigenvalue weighted by atomic mass is 10.0. The highest BCUT2D eigenvalue weighted by atomic mass is 35.5. The third-order valence-corrected chi connectivity index (χ3v) is 6.93. The van der Waals surface area contributed by atoms with Crippen molar-refractivity contribution in [2.75, 3.05) is 40.4 Å². The Kier molecular flexibility index (Phi) is 11.8. The number of para-hydroxylation sites is 1. The number of likely N-dealkylation sites (N-methyl/N-ethyl adjacent to an activating group) is 2. The quantitative estimate of drug-likeness (QED) is 0.515. The van der Waals surface area contributed by atoms with Gasteiger partial charge in [0.05, 0.1) is 18.7 Å². The highest BCUT2D eigenvalue weighted by Gasteiger charge is 2.29. The van der Waals surface area contributed by atoms with Crippen LogP contribution in [0.2, 0.25) is 5.02 Å². The summed E-state index contributed by atoms with van der Waals surface area (Å²) < 4.78 is 11.6. The molecule has 4 amide bonds. The average Bonchev–Trinajstić information content (AvgIpc) is 2.94. The van der Waals surface area contributed by atoms with E-state index in [1.54, 1.807) is 62.6 Å². The molecule has 0 unspecified atom stereocenters. The van der Waals surface area contributed by atoms with Crippen LogP contribution in [0.5, 0.6) is 11.5 Å². The highest BCUT2D eigenvalue weighted by molar-refractivity contribution is 6.30. The zero-order chi connectivity index (χ0) is 29.9. The molecule has 0 bridgehead atoms. The molecule has 1 aliphatic heterocycles. The van der Waals surface area contributed by atoms with Crippen molar-refractivity contribution in [1.82, 2.24) is 20.4 Å². The number of halogens is 1. The Hall–Kier alpha value is -3.79. The fourth-order valence-corrected chi connectivity index (χ4v) is 4.51. The van der Waals surface area contributed by atoms with Crippen LogP contribution in [0, 0.1) is 5.92 Å². The fourth-order valence-electron chi connectivity index (χ4n) is 4.38. The van der Waals surface area contributed by atoms with E-state index in [0.717, 1.165) is 0 Å². The van der Waals surface area contributed by atoms with Gasteiger partial charge in [-0.05, 0) is 55.2 Å². The monoisotopic (exact) mass is 586 g/mol. The van der Waals surface area contributed by atoms with Gasteiger partial charge in [-0.25, -0.2) is 0 Å². The standard InChI is InChI=1S/C30H39ClN4O6/c1-20(2)19-25-30(39)35(4)16-18-41-26-8-6-5-7-23(26)28(37)33-24(13-14-27(36)32-25)29(38)34(3)15-17-40-22-11-9-21(31)10-12-22/h5-12,20,24-25H,13-19H2,1-4H3,(H,32,36)(H,33,37)/t24-,25+/m0/s1. The molecule has 1 aliphatic rings. The van der Waals surface area contributed by atoms with Crippen LogP contribution in [-0.2, 0) is 14.4 Å². The molecule has 0 spiro atoms. The maximum Gasteiger partial charge on any atom is 0.255 e. The van der Waals surface area contributed by atoms with Crippen molar-refractivity contribution >= 4 is 35.2 Å². The lowest BCUT2D eigenvalue weighted by Crippen LogP contribution is -2.50. The molecule has 2 aromatic carbocycles. The van der Waals surface area contributed by atoms with Crippen LogP contribution in [0.4, 0.5) is 0 Å². The van der Waals surface area contributed by atoms with Crippen molar-refractivity contribution in [3.05, 3.63) is 59.1 Å². The van der Waals surface area contributed by atoms with Gasteiger partial charge in [0.1, 0.15) is 36.8 Å². The Balaban J connectivity index is 1.78. The molecule has 2 N–H and O–H groups in total. The van der Waals surface area contributed by atoms with E-state index in [1.165, 1.54) is 9.80 Å². The number of carbonyl (C=O) groups excluding carboxylic acids is 4. The van der Waals surface area contributed by atoms with Crippen molar-refractivity contribution in [3.63, 3.8) is 0 Å². The molecule has 0 saturated heterocycles. The number of amides is 4. The van der Waals surface area contributed by atoms with Gasteiger partial charge < -0.3 is 29.9 Å². The first-order valence-corrected chi connectivity index (χ1v) is 14.1. The smallest absolute Gasteiger partial charge is 0.255 e. The molecule has 3 rings (SSSR count). The van der Waals surface area contributed by atoms with Crippen LogP contribution in [0.1, 0.15) is 43.5 Å². The zero-order valence-electron chi connectivity index (χ0n) is 24.0. The number of ether oxygens (including phenoxy) is 2. The van der Waals surface area contributed by atoms with E-state index in [9.17, 15) is 19.2 Å². The van der Waals surface area contributed by atoms with E-state index in [-0.39, 0.29) is 68.3 Å². The second kappa shape index (κ2) is 15.3. The van der Waals surface area contributed by atoms with E-state index in [1.807, 2.05) is 13.8 Å². The van der Waals surface area contributed by atoms with Crippen LogP contribution >= 0.6 is 11.6 Å². The first-order valence-electron chi connectivity index (χ1n) is 13.8. The van der Waals surface area contributed by atoms with E-state index in [0.29, 0.717) is 22.9 Å². The summed E-state index contributed by atoms with van der Waals surface area (Å²) in [5.41, 5.74) is 0.255. The maximum absolute atomic E-state index is 13.5. The van der Waals surface area contributed by atoms with Crippen LogP contribution < -0.4 is 20.1 Å². The zero-order valence-corrected chi connectivity index (χ0v) is 24.8. The summed E-state index contributed by atoms with van der Waals surface area (Å²) in [5, 5.41) is 6.22. The predicted molar refractivity (Wildman–Crippen MR) is 156 cm³/mol. The largest absolute Gasteiger partial charge is 0.492 e. The van der Waals surface area contributed by atoms with Crippen molar-refractivity contribution in [3.8, 4) is 11.5 Å². The minimum absolute atomic E-state index is 0.0419. The molecule has 0 aliphatic carbocycles. The molecule has 1 heterocycles. The van der Waals surface area contributed by atoms with E-state index in [4.69, 9.17) is 21.1 Å². The number of hydrogen-bond acceptors (Lipinski definition) is 6. The number of nitrogens with zero attached hydrogens (tertiary/aromatic N) is 2. The third kappa shape index (κ3) is 9.67. The normalized spacial score (nSPS) is 18.8. The van der Waals surface area contributed by atoms with Crippen molar-refractivity contribution in [2.45, 2.75) is 45.2 Å². The summed E-state index contributed by atoms with van der Waals surface area (Å²) in [6.45, 7) is 4.83. The molecular formula is C30H39ClN4O6. The van der Waals surface area contributed by atoms with E-state index >= 15 is 0 Å². The molecule has 0 fully saturated rings. The van der Waals surface area contributed by atoms with Gasteiger partial charge in [0.25, 0.3) is 5.91 Å². The first-order chi connectivity index (χ1) is 19.5. The molecule has 11 heteroatoms. The van der Waals surface area contributed by atoms with Crippen LogP contribution in [-0.4, -0.2) is 85.9 Å². The third-order valence-electron chi connectivity index (χ3n) is 6.68. The Morgan fingerprint density at radius 2 is 1.83 bits per heavy atom. The molecule has 0 aromatic heterocycles. The number of benzene rings is 2. The lowest BCUT2D eigenvalue weighted by Gasteiger charge is -2.26.